The van der Waals surface area contributed by atoms with Crippen LogP contribution in [0.3, 0.4) is 0 Å². The molecule has 2 aliphatic rings. The number of piperazine rings is 1. The number of anilines is 1. The molecule has 1 fully saturated rings. The van der Waals surface area contributed by atoms with E-state index in [1.165, 1.54) is 17.4 Å². The highest BCUT2D eigenvalue weighted by molar-refractivity contribution is 8.00. The van der Waals surface area contributed by atoms with E-state index in [1.807, 2.05) is 30.0 Å². The van der Waals surface area contributed by atoms with Crippen LogP contribution in [0.1, 0.15) is 12.6 Å². The first kappa shape index (κ1) is 19.4. The number of amides is 1. The molecule has 6 nitrogen and oxygen atoms in total. The molecule has 148 valence electrons. The van der Waals surface area contributed by atoms with Crippen molar-refractivity contribution in [1.29, 1.82) is 0 Å². The third-order valence-corrected chi connectivity index (χ3v) is 7.21. The van der Waals surface area contributed by atoms with Crippen LogP contribution in [-0.4, -0.2) is 58.0 Å². The van der Waals surface area contributed by atoms with Gasteiger partial charge in [-0.1, -0.05) is 30.0 Å². The Balaban J connectivity index is 1.37. The minimum atomic E-state index is 0.0430. The fraction of sp³-hybridized carbons (Fsp3) is 0.450. The van der Waals surface area contributed by atoms with Gasteiger partial charge in [0.25, 0.3) is 5.56 Å². The number of hydrogen-bond donors (Lipinski definition) is 0. The number of rotatable bonds is 5. The maximum atomic E-state index is 12.7. The first-order chi connectivity index (χ1) is 13.7. The Hall–Kier alpha value is -1.93. The zero-order valence-electron chi connectivity index (χ0n) is 16.0. The molecule has 2 aromatic rings. The van der Waals surface area contributed by atoms with Crippen molar-refractivity contribution < 1.29 is 4.79 Å². The number of benzene rings is 1. The number of carbonyl (C=O) groups is 1. The summed E-state index contributed by atoms with van der Waals surface area (Å²) in [5, 5.41) is 0.671. The maximum Gasteiger partial charge on any atom is 0.268 e. The lowest BCUT2D eigenvalue weighted by Crippen LogP contribution is -2.49. The lowest BCUT2D eigenvalue weighted by Gasteiger charge is -2.36. The minimum absolute atomic E-state index is 0.0430. The smallest absolute Gasteiger partial charge is 0.268 e. The predicted octanol–water partition coefficient (Wildman–Crippen LogP) is 2.35. The van der Waals surface area contributed by atoms with Crippen molar-refractivity contribution in [3.05, 3.63) is 46.4 Å². The normalized spacial score (nSPS) is 16.3. The van der Waals surface area contributed by atoms with Crippen LogP contribution in [0.2, 0.25) is 0 Å². The maximum absolute atomic E-state index is 12.7. The monoisotopic (exact) mass is 416 g/mol. The second kappa shape index (κ2) is 8.61. The van der Waals surface area contributed by atoms with Gasteiger partial charge in [-0.3, -0.25) is 14.2 Å². The van der Waals surface area contributed by atoms with Crippen LogP contribution in [0, 0.1) is 0 Å². The molecule has 4 rings (SSSR count). The van der Waals surface area contributed by atoms with E-state index in [9.17, 15) is 9.59 Å². The van der Waals surface area contributed by atoms with Crippen LogP contribution in [0.25, 0.3) is 0 Å². The van der Waals surface area contributed by atoms with Gasteiger partial charge in [0.05, 0.1) is 16.3 Å². The van der Waals surface area contributed by atoms with Crippen LogP contribution in [0.15, 0.2) is 45.2 Å². The molecule has 0 spiro atoms. The summed E-state index contributed by atoms with van der Waals surface area (Å²) < 4.78 is 1.70. The molecule has 1 aromatic heterocycles. The summed E-state index contributed by atoms with van der Waals surface area (Å²) in [5.74, 6) is 1.36. The fourth-order valence-corrected chi connectivity index (χ4v) is 5.61. The van der Waals surface area contributed by atoms with Crippen molar-refractivity contribution in [3.8, 4) is 0 Å². The van der Waals surface area contributed by atoms with E-state index < -0.39 is 0 Å². The van der Waals surface area contributed by atoms with Gasteiger partial charge in [-0.25, -0.2) is 4.98 Å². The first-order valence-electron chi connectivity index (χ1n) is 9.64. The van der Waals surface area contributed by atoms with E-state index >= 15 is 0 Å². The van der Waals surface area contributed by atoms with Gasteiger partial charge in [0, 0.05) is 50.6 Å². The van der Waals surface area contributed by atoms with Crippen molar-refractivity contribution in [3.63, 3.8) is 0 Å². The third-order valence-electron chi connectivity index (χ3n) is 5.14. The highest BCUT2D eigenvalue weighted by Crippen LogP contribution is 2.28. The van der Waals surface area contributed by atoms with Gasteiger partial charge in [-0.2, -0.15) is 0 Å². The summed E-state index contributed by atoms with van der Waals surface area (Å²) in [6.45, 7) is 5.66. The number of fused-ring (bicyclic) bond motifs is 1. The lowest BCUT2D eigenvalue weighted by atomic mass is 10.2. The SMILES string of the molecule is CCn1c(SCC(=O)N2CCN(c3ccccc3)CC2)nc2c(c1=O)SCC2. The average molecular weight is 417 g/mol. The zero-order chi connectivity index (χ0) is 19.5. The number of thioether (sulfide) groups is 2. The number of para-hydroxylation sites is 1. The van der Waals surface area contributed by atoms with Gasteiger partial charge in [-0.05, 0) is 19.1 Å². The molecule has 28 heavy (non-hydrogen) atoms. The Bertz CT molecular complexity index is 908. The van der Waals surface area contributed by atoms with Crippen molar-refractivity contribution >= 4 is 35.1 Å². The van der Waals surface area contributed by atoms with Gasteiger partial charge in [0.15, 0.2) is 5.16 Å². The van der Waals surface area contributed by atoms with Crippen molar-refractivity contribution in [2.75, 3.05) is 42.6 Å². The summed E-state index contributed by atoms with van der Waals surface area (Å²) in [6.07, 6.45) is 0.836. The number of carbonyl (C=O) groups excluding carboxylic acids is 1. The molecular formula is C20H24N4O2S2. The second-order valence-corrected chi connectivity index (χ2v) is 8.86. The molecule has 0 atom stereocenters. The minimum Gasteiger partial charge on any atom is -0.368 e. The zero-order valence-corrected chi connectivity index (χ0v) is 17.6. The third kappa shape index (κ3) is 3.93. The molecule has 8 heteroatoms. The molecule has 0 N–H and O–H groups in total. The van der Waals surface area contributed by atoms with E-state index in [-0.39, 0.29) is 11.5 Å². The summed E-state index contributed by atoms with van der Waals surface area (Å²) >= 11 is 2.98. The first-order valence-corrected chi connectivity index (χ1v) is 11.6. The molecule has 2 aliphatic heterocycles. The van der Waals surface area contributed by atoms with Crippen molar-refractivity contribution in [1.82, 2.24) is 14.5 Å². The molecule has 0 radical (unpaired) electrons. The Morgan fingerprint density at radius 3 is 2.64 bits per heavy atom. The summed E-state index contributed by atoms with van der Waals surface area (Å²) in [5.41, 5.74) is 2.14. The highest BCUT2D eigenvalue weighted by atomic mass is 32.2. The topological polar surface area (TPSA) is 58.4 Å². The van der Waals surface area contributed by atoms with Crippen molar-refractivity contribution in [2.24, 2.45) is 0 Å². The van der Waals surface area contributed by atoms with Crippen molar-refractivity contribution in [2.45, 2.75) is 29.9 Å². The molecule has 0 aliphatic carbocycles. The Morgan fingerprint density at radius 1 is 1.18 bits per heavy atom. The van der Waals surface area contributed by atoms with E-state index in [4.69, 9.17) is 0 Å². The van der Waals surface area contributed by atoms with E-state index in [2.05, 4.69) is 22.0 Å². The Morgan fingerprint density at radius 2 is 1.93 bits per heavy atom. The van der Waals surface area contributed by atoms with Gasteiger partial charge in [0.2, 0.25) is 5.91 Å². The van der Waals surface area contributed by atoms with Crippen LogP contribution < -0.4 is 10.5 Å². The molecule has 1 amide bonds. The number of aryl methyl sites for hydroxylation is 1. The van der Waals surface area contributed by atoms with Crippen LogP contribution in [-0.2, 0) is 17.8 Å². The Labute approximate surface area is 173 Å². The molecule has 0 saturated carbocycles. The van der Waals surface area contributed by atoms with Gasteiger partial charge in [-0.15, -0.1) is 11.8 Å². The molecule has 1 saturated heterocycles. The van der Waals surface area contributed by atoms with E-state index in [0.717, 1.165) is 48.9 Å². The Kier molecular flexibility index (Phi) is 5.96. The molecule has 1 aromatic carbocycles. The van der Waals surface area contributed by atoms with Gasteiger partial charge in [0.1, 0.15) is 0 Å². The largest absolute Gasteiger partial charge is 0.368 e. The van der Waals surface area contributed by atoms with Gasteiger partial charge < -0.3 is 9.80 Å². The standard InChI is InChI=1S/C20H24N4O2S2/c1-2-24-19(26)18-16(8-13-27-18)21-20(24)28-14-17(25)23-11-9-22(10-12-23)15-6-4-3-5-7-15/h3-7H,2,8-14H2,1H3. The number of aromatic nitrogens is 2. The highest BCUT2D eigenvalue weighted by Gasteiger charge is 2.24. The van der Waals surface area contributed by atoms with E-state index in [1.54, 1.807) is 16.3 Å². The summed E-state index contributed by atoms with van der Waals surface area (Å²) in [4.78, 5) is 35.0. The second-order valence-electron chi connectivity index (χ2n) is 6.81. The van der Waals surface area contributed by atoms with Gasteiger partial charge >= 0.3 is 0 Å². The number of nitrogens with zero attached hydrogens (tertiary/aromatic N) is 4. The summed E-state index contributed by atoms with van der Waals surface area (Å²) in [6, 6.07) is 10.3. The quantitative estimate of drug-likeness (QED) is 0.551. The summed E-state index contributed by atoms with van der Waals surface area (Å²) in [7, 11) is 0. The molecule has 0 bridgehead atoms. The van der Waals surface area contributed by atoms with Crippen LogP contribution >= 0.6 is 23.5 Å². The van der Waals surface area contributed by atoms with Crippen LogP contribution in [0.5, 0.6) is 0 Å². The molecule has 0 unspecified atom stereocenters. The van der Waals surface area contributed by atoms with Crippen LogP contribution in [0.4, 0.5) is 5.69 Å². The predicted molar refractivity (Wildman–Crippen MR) is 115 cm³/mol. The average Bonchev–Trinajstić information content (AvgIpc) is 3.22. The molecule has 3 heterocycles. The lowest BCUT2D eigenvalue weighted by molar-refractivity contribution is -0.128. The van der Waals surface area contributed by atoms with E-state index in [0.29, 0.717) is 17.5 Å². The number of hydrogen-bond acceptors (Lipinski definition) is 6. The fourth-order valence-electron chi connectivity index (χ4n) is 3.58. The molecular weight excluding hydrogens is 392 g/mol.